The van der Waals surface area contributed by atoms with E-state index >= 15 is 0 Å². The van der Waals surface area contributed by atoms with Gasteiger partial charge < -0.3 is 0 Å². The Bertz CT molecular complexity index is 806. The monoisotopic (exact) mass is 389 g/mol. The highest BCUT2D eigenvalue weighted by Crippen LogP contribution is 2.32. The number of aromatic nitrogens is 1. The molecule has 0 N–H and O–H groups in total. The summed E-state index contributed by atoms with van der Waals surface area (Å²) >= 11 is 5.49. The summed E-state index contributed by atoms with van der Waals surface area (Å²) in [6.45, 7) is 0. The van der Waals surface area contributed by atoms with Crippen LogP contribution in [0.2, 0.25) is 0 Å². The van der Waals surface area contributed by atoms with Crippen LogP contribution >= 0.6 is 19.5 Å². The summed E-state index contributed by atoms with van der Waals surface area (Å²) in [5.74, 6) is 0.549. The van der Waals surface area contributed by atoms with Crippen molar-refractivity contribution in [1.82, 2.24) is 4.98 Å². The van der Waals surface area contributed by atoms with Gasteiger partial charge in [0.25, 0.3) is 0 Å². The van der Waals surface area contributed by atoms with Crippen molar-refractivity contribution in [2.45, 2.75) is 5.88 Å². The summed E-state index contributed by atoms with van der Waals surface area (Å²) in [5.41, 5.74) is 1.06. The molecule has 1 aromatic heterocycles. The van der Waals surface area contributed by atoms with Crippen LogP contribution < -0.4 is 15.9 Å². The molecule has 0 fully saturated rings. The van der Waals surface area contributed by atoms with Gasteiger partial charge in [0.2, 0.25) is 0 Å². The molecule has 0 unspecified atom stereocenters. The van der Waals surface area contributed by atoms with Crippen LogP contribution in [-0.4, -0.2) is 4.98 Å². The van der Waals surface area contributed by atoms with Crippen molar-refractivity contribution in [3.63, 3.8) is 0 Å². The number of halogens is 1. The van der Waals surface area contributed by atoms with E-state index in [1.165, 1.54) is 15.9 Å². The fraction of sp³-hybridized carbons (Fsp3) is 0.0417. The van der Waals surface area contributed by atoms with Gasteiger partial charge in [0, 0.05) is 18.3 Å². The summed E-state index contributed by atoms with van der Waals surface area (Å²) in [4.78, 5) is 3.87. The Morgan fingerprint density at radius 2 is 1.04 bits per heavy atom. The van der Waals surface area contributed by atoms with E-state index in [1.807, 2.05) is 12.1 Å². The number of benzene rings is 3. The van der Waals surface area contributed by atoms with Crippen LogP contribution in [0.1, 0.15) is 5.56 Å². The van der Waals surface area contributed by atoms with Crippen molar-refractivity contribution < 1.29 is 0 Å². The average Bonchev–Trinajstić information content (AvgIpc) is 2.77. The molecule has 0 radical (unpaired) electrons. The molecule has 134 valence electrons. The second-order valence-electron chi connectivity index (χ2n) is 5.84. The number of nitrogens with zero attached hydrogens (tertiary/aromatic N) is 1. The highest BCUT2D eigenvalue weighted by Gasteiger charge is 2.14. The fourth-order valence-corrected chi connectivity index (χ4v) is 5.12. The van der Waals surface area contributed by atoms with Gasteiger partial charge in [0.05, 0.1) is 0 Å². The number of hydrogen-bond donors (Lipinski definition) is 0. The number of hydrogen-bond acceptors (Lipinski definition) is 1. The van der Waals surface area contributed by atoms with Crippen LogP contribution in [0.25, 0.3) is 0 Å². The second kappa shape index (κ2) is 10.6. The molecule has 0 aliphatic carbocycles. The molecule has 4 aromatic rings. The molecule has 0 spiro atoms. The molecule has 0 saturated carbocycles. The third-order valence-electron chi connectivity index (χ3n) is 3.92. The summed E-state index contributed by atoms with van der Waals surface area (Å²) in [7, 11) is -0.446. The first-order valence-electron chi connectivity index (χ1n) is 8.78. The van der Waals surface area contributed by atoms with Crippen molar-refractivity contribution in [1.29, 1.82) is 0 Å². The first-order chi connectivity index (χ1) is 13.4. The summed E-state index contributed by atoms with van der Waals surface area (Å²) < 4.78 is 0. The van der Waals surface area contributed by atoms with Gasteiger partial charge in [-0.25, -0.2) is 0 Å². The van der Waals surface area contributed by atoms with Crippen molar-refractivity contribution >= 4 is 35.4 Å². The Balaban J connectivity index is 0.000000221. The van der Waals surface area contributed by atoms with E-state index in [-0.39, 0.29) is 0 Å². The Hall–Kier alpha value is -2.47. The van der Waals surface area contributed by atoms with Crippen LogP contribution in [0, 0.1) is 0 Å². The third kappa shape index (κ3) is 5.76. The highest BCUT2D eigenvalue weighted by molar-refractivity contribution is 7.79. The van der Waals surface area contributed by atoms with Crippen LogP contribution in [0.5, 0.6) is 0 Å². The highest BCUT2D eigenvalue weighted by atomic mass is 35.5. The van der Waals surface area contributed by atoms with Gasteiger partial charge in [-0.3, -0.25) is 4.98 Å². The quantitative estimate of drug-likeness (QED) is 0.342. The zero-order chi connectivity index (χ0) is 18.7. The lowest BCUT2D eigenvalue weighted by molar-refractivity contribution is 1.25. The topological polar surface area (TPSA) is 12.9 Å². The minimum absolute atomic E-state index is 0.446. The molecule has 27 heavy (non-hydrogen) atoms. The normalized spacial score (nSPS) is 10.1. The Kier molecular flexibility index (Phi) is 7.59. The number of rotatable bonds is 4. The predicted molar refractivity (Wildman–Crippen MR) is 119 cm³/mol. The fourth-order valence-electron chi connectivity index (χ4n) is 2.66. The smallest absolute Gasteiger partial charge is 0.0489 e. The predicted octanol–water partition coefficient (Wildman–Crippen LogP) is 5.27. The standard InChI is InChI=1S/C18H15P.C6H6ClN/c1-4-10-16(11-5-1)19(17-12-6-2-7-13-17)18-14-8-3-9-15-18;7-4-6-2-1-3-8-5-6/h1-15H;1-3,5H,4H2. The van der Waals surface area contributed by atoms with E-state index in [4.69, 9.17) is 11.6 Å². The minimum Gasteiger partial charge on any atom is -0.264 e. The summed E-state index contributed by atoms with van der Waals surface area (Å²) in [6.07, 6.45) is 3.49. The van der Waals surface area contributed by atoms with E-state index in [2.05, 4.69) is 96.0 Å². The molecule has 3 aromatic carbocycles. The lowest BCUT2D eigenvalue weighted by atomic mass is 10.3. The third-order valence-corrected chi connectivity index (χ3v) is 6.67. The van der Waals surface area contributed by atoms with Gasteiger partial charge in [-0.05, 0) is 35.5 Å². The molecule has 3 heteroatoms. The van der Waals surface area contributed by atoms with Gasteiger partial charge in [-0.1, -0.05) is 97.1 Å². The van der Waals surface area contributed by atoms with Crippen molar-refractivity contribution in [3.8, 4) is 0 Å². The van der Waals surface area contributed by atoms with Gasteiger partial charge in [0.15, 0.2) is 0 Å². The van der Waals surface area contributed by atoms with Crippen molar-refractivity contribution in [2.75, 3.05) is 0 Å². The van der Waals surface area contributed by atoms with Crippen molar-refractivity contribution in [3.05, 3.63) is 121 Å². The first kappa shape index (κ1) is 19.3. The van der Waals surface area contributed by atoms with Crippen LogP contribution in [0.4, 0.5) is 0 Å². The molecular weight excluding hydrogens is 369 g/mol. The van der Waals surface area contributed by atoms with E-state index in [1.54, 1.807) is 12.4 Å². The van der Waals surface area contributed by atoms with Crippen LogP contribution in [-0.2, 0) is 5.88 Å². The Morgan fingerprint density at radius 1 is 0.593 bits per heavy atom. The largest absolute Gasteiger partial charge is 0.264 e. The minimum atomic E-state index is -0.446. The first-order valence-corrected chi connectivity index (χ1v) is 10.7. The van der Waals surface area contributed by atoms with Gasteiger partial charge >= 0.3 is 0 Å². The van der Waals surface area contributed by atoms with Crippen molar-refractivity contribution in [2.24, 2.45) is 0 Å². The molecule has 0 bridgehead atoms. The van der Waals surface area contributed by atoms with E-state index in [0.717, 1.165) is 5.56 Å². The molecular formula is C24H21ClNP. The van der Waals surface area contributed by atoms with Crippen LogP contribution in [0.15, 0.2) is 116 Å². The Labute approximate surface area is 167 Å². The lowest BCUT2D eigenvalue weighted by Gasteiger charge is -2.18. The SMILES string of the molecule is ClCc1cccnc1.c1ccc(P(c2ccccc2)c2ccccc2)cc1. The number of pyridine rings is 1. The molecule has 0 aliphatic rings. The maximum absolute atomic E-state index is 5.49. The van der Waals surface area contributed by atoms with E-state index in [9.17, 15) is 0 Å². The van der Waals surface area contributed by atoms with Gasteiger partial charge in [-0.2, -0.15) is 0 Å². The number of alkyl halides is 1. The molecule has 0 aliphatic heterocycles. The molecule has 4 rings (SSSR count). The van der Waals surface area contributed by atoms with Gasteiger partial charge in [-0.15, -0.1) is 11.6 Å². The summed E-state index contributed by atoms with van der Waals surface area (Å²) in [5, 5.41) is 4.19. The van der Waals surface area contributed by atoms with Gasteiger partial charge in [0.1, 0.15) is 0 Å². The molecule has 1 nitrogen and oxygen atoms in total. The second-order valence-corrected chi connectivity index (χ2v) is 8.32. The molecule has 0 amide bonds. The average molecular weight is 390 g/mol. The maximum Gasteiger partial charge on any atom is 0.0489 e. The molecule has 1 heterocycles. The summed E-state index contributed by atoms with van der Waals surface area (Å²) in [6, 6.07) is 36.1. The lowest BCUT2D eigenvalue weighted by Crippen LogP contribution is -2.20. The Morgan fingerprint density at radius 3 is 1.33 bits per heavy atom. The zero-order valence-corrected chi connectivity index (χ0v) is 16.6. The van der Waals surface area contributed by atoms with Crippen LogP contribution in [0.3, 0.4) is 0 Å². The van der Waals surface area contributed by atoms with E-state index < -0.39 is 7.92 Å². The molecule has 0 saturated heterocycles. The zero-order valence-electron chi connectivity index (χ0n) is 14.9. The van der Waals surface area contributed by atoms with E-state index in [0.29, 0.717) is 5.88 Å². The maximum atomic E-state index is 5.49. The molecule has 0 atom stereocenters.